The topological polar surface area (TPSA) is 114 Å². The van der Waals surface area contributed by atoms with E-state index in [2.05, 4.69) is 14.4 Å². The zero-order valence-corrected chi connectivity index (χ0v) is 22.2. The van der Waals surface area contributed by atoms with Crippen molar-refractivity contribution in [2.45, 2.75) is 37.1 Å². The highest BCUT2D eigenvalue weighted by Crippen LogP contribution is 2.65. The lowest BCUT2D eigenvalue weighted by molar-refractivity contribution is -0.107. The highest BCUT2D eigenvalue weighted by molar-refractivity contribution is 7.03. The smallest absolute Gasteiger partial charge is 0.205 e. The standard InChI is InChI=1S/C30H24N4O5S/c1-29-24(35)15-30(39-29,13-14-38-18-9-7-17(8-10-18)22-16-40-33-32-22)26-25(29)27(36)34(28(26)37)23-12-11-21(31-2)19-5-3-4-6-20(19)23/h3-12,16,24,35-37H,13-15H2,1H3/t24-,29?,30?/m1/s1. The lowest BCUT2D eigenvalue weighted by Crippen LogP contribution is -2.33. The number of hydrogen-bond acceptors (Lipinski definition) is 8. The van der Waals surface area contributed by atoms with Crippen LogP contribution in [0.5, 0.6) is 17.5 Å². The fourth-order valence-corrected chi connectivity index (χ4v) is 6.72. The van der Waals surface area contributed by atoms with Crippen molar-refractivity contribution in [3.63, 3.8) is 0 Å². The van der Waals surface area contributed by atoms with Crippen molar-refractivity contribution in [2.75, 3.05) is 6.61 Å². The van der Waals surface area contributed by atoms with Gasteiger partial charge in [0.15, 0.2) is 5.69 Å². The van der Waals surface area contributed by atoms with Gasteiger partial charge < -0.3 is 24.8 Å². The molecule has 7 rings (SSSR count). The summed E-state index contributed by atoms with van der Waals surface area (Å²) in [5, 5.41) is 41.6. The second-order valence-electron chi connectivity index (χ2n) is 10.3. The summed E-state index contributed by atoms with van der Waals surface area (Å²) in [6.45, 7) is 9.52. The van der Waals surface area contributed by atoms with Crippen LogP contribution in [0.3, 0.4) is 0 Å². The Kier molecular flexibility index (Phi) is 5.41. The molecule has 0 spiro atoms. The van der Waals surface area contributed by atoms with E-state index in [-0.39, 0.29) is 24.8 Å². The second-order valence-corrected chi connectivity index (χ2v) is 10.9. The Hall–Kier alpha value is -4.43. The molecular formula is C30H24N4O5S. The largest absolute Gasteiger partial charge is 0.494 e. The molecule has 3 atom stereocenters. The first-order valence-electron chi connectivity index (χ1n) is 12.8. The summed E-state index contributed by atoms with van der Waals surface area (Å²) in [5.74, 6) is 0.327. The molecule has 2 aliphatic heterocycles. The average molecular weight is 553 g/mol. The number of aliphatic hydroxyl groups is 1. The summed E-state index contributed by atoms with van der Waals surface area (Å²) in [4.78, 5) is 3.61. The molecule has 0 aliphatic carbocycles. The number of fused-ring (bicyclic) bond motifs is 6. The molecule has 3 N–H and O–H groups in total. The van der Waals surface area contributed by atoms with Crippen LogP contribution in [0.2, 0.25) is 0 Å². The Bertz CT molecular complexity index is 1810. The SMILES string of the molecule is [C-]#[N+]c1ccc(-n2c(O)c3c(c2O)C2(C)OC3(CCOc3ccc(-c4csnn4)cc3)C[C@H]2O)c2ccccc12. The Balaban J connectivity index is 1.24. The number of aromatic nitrogens is 3. The van der Waals surface area contributed by atoms with Crippen molar-refractivity contribution in [2.24, 2.45) is 0 Å². The fourth-order valence-electron chi connectivity index (χ4n) is 6.25. The van der Waals surface area contributed by atoms with Crippen LogP contribution in [0.25, 0.3) is 32.6 Å². The minimum atomic E-state index is -1.20. The first-order valence-corrected chi connectivity index (χ1v) is 13.7. The molecule has 9 nitrogen and oxygen atoms in total. The van der Waals surface area contributed by atoms with Crippen molar-refractivity contribution in [3.8, 4) is 34.5 Å². The normalized spacial score (nSPS) is 22.9. The monoisotopic (exact) mass is 552 g/mol. The van der Waals surface area contributed by atoms with Gasteiger partial charge in [-0.15, -0.1) is 5.10 Å². The van der Waals surface area contributed by atoms with Crippen molar-refractivity contribution in [3.05, 3.63) is 88.6 Å². The summed E-state index contributed by atoms with van der Waals surface area (Å²) in [5.41, 5.74) is 1.36. The van der Waals surface area contributed by atoms with Gasteiger partial charge in [-0.05, 0) is 59.6 Å². The van der Waals surface area contributed by atoms with Gasteiger partial charge in [-0.1, -0.05) is 34.8 Å². The third-order valence-corrected chi connectivity index (χ3v) is 8.67. The summed E-state index contributed by atoms with van der Waals surface area (Å²) in [7, 11) is 0. The van der Waals surface area contributed by atoms with Crippen molar-refractivity contribution >= 4 is 28.0 Å². The van der Waals surface area contributed by atoms with E-state index in [1.54, 1.807) is 19.1 Å². The summed E-state index contributed by atoms with van der Waals surface area (Å²) in [6.07, 6.45) is -0.281. The maximum absolute atomic E-state index is 11.6. The van der Waals surface area contributed by atoms with E-state index in [4.69, 9.17) is 16.0 Å². The van der Waals surface area contributed by atoms with Crippen LogP contribution in [0.15, 0.2) is 66.0 Å². The van der Waals surface area contributed by atoms with Gasteiger partial charge >= 0.3 is 0 Å². The van der Waals surface area contributed by atoms with Gasteiger partial charge in [-0.25, -0.2) is 4.85 Å². The molecule has 1 saturated heterocycles. The van der Waals surface area contributed by atoms with Crippen LogP contribution in [0.1, 0.15) is 30.9 Å². The van der Waals surface area contributed by atoms with E-state index in [1.165, 1.54) is 16.1 Å². The Morgan fingerprint density at radius 2 is 1.82 bits per heavy atom. The molecule has 10 heteroatoms. The fraction of sp³-hybridized carbons (Fsp3) is 0.233. The van der Waals surface area contributed by atoms with Crippen LogP contribution < -0.4 is 4.74 Å². The number of nitrogens with zero attached hydrogens (tertiary/aromatic N) is 4. The molecule has 2 bridgehead atoms. The molecule has 0 amide bonds. The number of ether oxygens (including phenoxy) is 2. The quantitative estimate of drug-likeness (QED) is 0.229. The summed E-state index contributed by atoms with van der Waals surface area (Å²) < 4.78 is 17.8. The third-order valence-electron chi connectivity index (χ3n) is 8.16. The van der Waals surface area contributed by atoms with Gasteiger partial charge in [0, 0.05) is 23.8 Å². The van der Waals surface area contributed by atoms with Gasteiger partial charge in [0.2, 0.25) is 11.8 Å². The van der Waals surface area contributed by atoms with Crippen molar-refractivity contribution in [1.82, 2.24) is 14.2 Å². The average Bonchev–Trinajstić information content (AvgIpc) is 3.70. The first kappa shape index (κ1) is 24.6. The minimum Gasteiger partial charge on any atom is -0.494 e. The number of benzene rings is 3. The third kappa shape index (κ3) is 3.38. The summed E-state index contributed by atoms with van der Waals surface area (Å²) in [6, 6.07) is 18.3. The van der Waals surface area contributed by atoms with Crippen molar-refractivity contribution < 1.29 is 24.8 Å². The van der Waals surface area contributed by atoms with E-state index in [1.807, 2.05) is 53.9 Å². The molecule has 0 saturated carbocycles. The van der Waals surface area contributed by atoms with Crippen LogP contribution in [-0.2, 0) is 15.9 Å². The van der Waals surface area contributed by atoms with Gasteiger partial charge in [0.1, 0.15) is 22.6 Å². The molecule has 40 heavy (non-hydrogen) atoms. The van der Waals surface area contributed by atoms with Crippen LogP contribution >= 0.6 is 11.5 Å². The van der Waals surface area contributed by atoms with E-state index in [9.17, 15) is 15.3 Å². The van der Waals surface area contributed by atoms with Crippen molar-refractivity contribution in [1.29, 1.82) is 0 Å². The van der Waals surface area contributed by atoms with Gasteiger partial charge in [0.05, 0.1) is 36.1 Å². The number of aromatic hydroxyl groups is 2. The maximum atomic E-state index is 11.6. The number of aliphatic hydroxyl groups excluding tert-OH is 1. The van der Waals surface area contributed by atoms with E-state index in [0.29, 0.717) is 45.4 Å². The second kappa shape index (κ2) is 8.79. The molecule has 2 unspecified atom stereocenters. The molecule has 1 fully saturated rings. The predicted molar refractivity (Wildman–Crippen MR) is 149 cm³/mol. The van der Waals surface area contributed by atoms with Gasteiger partial charge in [0.25, 0.3) is 0 Å². The molecule has 2 aliphatic rings. The van der Waals surface area contributed by atoms with E-state index < -0.39 is 17.3 Å². The number of rotatable bonds is 6. The number of hydrogen-bond donors (Lipinski definition) is 3. The minimum absolute atomic E-state index is 0.148. The van der Waals surface area contributed by atoms with Crippen LogP contribution in [-0.4, -0.2) is 42.2 Å². The molecule has 3 aromatic carbocycles. The van der Waals surface area contributed by atoms with Gasteiger partial charge in [-0.3, -0.25) is 4.57 Å². The van der Waals surface area contributed by atoms with Crippen LogP contribution in [0, 0.1) is 6.57 Å². The zero-order valence-electron chi connectivity index (χ0n) is 21.4. The lowest BCUT2D eigenvalue weighted by atomic mass is 9.76. The molecule has 0 radical (unpaired) electrons. The highest BCUT2D eigenvalue weighted by Gasteiger charge is 2.66. The maximum Gasteiger partial charge on any atom is 0.205 e. The van der Waals surface area contributed by atoms with E-state index >= 15 is 0 Å². The predicted octanol–water partition coefficient (Wildman–Crippen LogP) is 5.79. The van der Waals surface area contributed by atoms with Gasteiger partial charge in [-0.2, -0.15) is 0 Å². The molecule has 5 aromatic rings. The highest BCUT2D eigenvalue weighted by atomic mass is 32.1. The Labute approximate surface area is 233 Å². The first-order chi connectivity index (χ1) is 19.4. The Morgan fingerprint density at radius 1 is 1.07 bits per heavy atom. The van der Waals surface area contributed by atoms with Crippen LogP contribution in [0.4, 0.5) is 5.69 Å². The molecule has 2 aromatic heterocycles. The molecule has 4 heterocycles. The molecular weight excluding hydrogens is 528 g/mol. The molecule has 200 valence electrons. The van der Waals surface area contributed by atoms with E-state index in [0.717, 1.165) is 11.3 Å². The summed E-state index contributed by atoms with van der Waals surface area (Å²) >= 11 is 1.29. The zero-order chi connectivity index (χ0) is 27.6. The lowest BCUT2D eigenvalue weighted by Gasteiger charge is -2.26. The Morgan fingerprint density at radius 3 is 2.55 bits per heavy atom.